The summed E-state index contributed by atoms with van der Waals surface area (Å²) in [6.45, 7) is 0.0456. The molecule has 0 spiro atoms. The van der Waals surface area contributed by atoms with E-state index >= 15 is 0 Å². The highest BCUT2D eigenvalue weighted by Crippen LogP contribution is 2.30. The molecular weight excluding hydrogens is 394 g/mol. The van der Waals surface area contributed by atoms with Gasteiger partial charge in [0.2, 0.25) is 0 Å². The highest BCUT2D eigenvalue weighted by molar-refractivity contribution is 7.80. The van der Waals surface area contributed by atoms with Gasteiger partial charge in [-0.2, -0.15) is 13.5 Å². The van der Waals surface area contributed by atoms with Crippen LogP contribution in [0.2, 0.25) is 0 Å². The van der Waals surface area contributed by atoms with Crippen LogP contribution in [0.4, 0.5) is 4.79 Å². The number of rotatable bonds is 5. The fourth-order valence-corrected chi connectivity index (χ4v) is 3.59. The van der Waals surface area contributed by atoms with Gasteiger partial charge in [0.15, 0.2) is 0 Å². The average Bonchev–Trinajstić information content (AvgIpc) is 2.89. The molecular formula is C15H19N5O7S. The number of hydrogen-bond donors (Lipinski definition) is 4. The second kappa shape index (κ2) is 7.71. The molecule has 152 valence electrons. The van der Waals surface area contributed by atoms with Gasteiger partial charge in [-0.05, 0) is 18.4 Å². The van der Waals surface area contributed by atoms with Crippen LogP contribution < -0.4 is 16.6 Å². The first-order chi connectivity index (χ1) is 13.2. The Morgan fingerprint density at radius 1 is 1.21 bits per heavy atom. The summed E-state index contributed by atoms with van der Waals surface area (Å²) < 4.78 is 34.8. The van der Waals surface area contributed by atoms with Crippen molar-refractivity contribution in [3.05, 3.63) is 35.9 Å². The molecule has 12 nitrogen and oxygen atoms in total. The summed E-state index contributed by atoms with van der Waals surface area (Å²) in [6, 6.07) is 5.13. The van der Waals surface area contributed by atoms with Crippen LogP contribution >= 0.6 is 0 Å². The molecule has 0 unspecified atom stereocenters. The normalized spacial score (nSPS) is 22.7. The lowest BCUT2D eigenvalue weighted by molar-refractivity contribution is -0.132. The molecule has 3 atom stereocenters. The molecule has 0 aromatic heterocycles. The summed E-state index contributed by atoms with van der Waals surface area (Å²) in [5.41, 5.74) is 10.8. The molecule has 28 heavy (non-hydrogen) atoms. The van der Waals surface area contributed by atoms with Crippen LogP contribution in [0.3, 0.4) is 0 Å². The van der Waals surface area contributed by atoms with E-state index in [1.165, 1.54) is 0 Å². The molecule has 1 aromatic rings. The van der Waals surface area contributed by atoms with E-state index < -0.39 is 46.4 Å². The summed E-state index contributed by atoms with van der Waals surface area (Å²) in [5.74, 6) is -1.30. The summed E-state index contributed by atoms with van der Waals surface area (Å²) in [5, 5.41) is 0.534. The Morgan fingerprint density at radius 3 is 2.54 bits per heavy atom. The molecule has 3 rings (SSSR count). The van der Waals surface area contributed by atoms with Crippen LogP contribution in [-0.2, 0) is 24.3 Å². The Kier molecular flexibility index (Phi) is 5.51. The minimum Gasteiger partial charge on any atom is -0.316 e. The third-order valence-electron chi connectivity index (χ3n) is 4.55. The van der Waals surface area contributed by atoms with Crippen molar-refractivity contribution in [1.82, 2.24) is 20.8 Å². The topological polar surface area (TPSA) is 171 Å². The first-order valence-electron chi connectivity index (χ1n) is 8.34. The molecule has 0 saturated carbocycles. The Hall–Kier alpha value is -2.74. The lowest BCUT2D eigenvalue weighted by Gasteiger charge is -2.29. The number of carbonyl (C=O) groups excluding carboxylic acids is 3. The molecule has 2 fully saturated rings. The molecule has 2 bridgehead atoms. The quantitative estimate of drug-likeness (QED) is 0.346. The number of amides is 4. The van der Waals surface area contributed by atoms with E-state index in [0.29, 0.717) is 10.6 Å². The van der Waals surface area contributed by atoms with Crippen LogP contribution in [0.5, 0.6) is 0 Å². The number of urea groups is 1. The fourth-order valence-electron chi connectivity index (χ4n) is 3.20. The maximum atomic E-state index is 12.4. The molecule has 2 aliphatic heterocycles. The molecule has 2 aliphatic rings. The zero-order valence-electron chi connectivity index (χ0n) is 14.5. The van der Waals surface area contributed by atoms with E-state index in [1.54, 1.807) is 30.3 Å². The Morgan fingerprint density at radius 2 is 1.89 bits per heavy atom. The van der Waals surface area contributed by atoms with Crippen LogP contribution in [0.15, 0.2) is 30.3 Å². The predicted octanol–water partition coefficient (Wildman–Crippen LogP) is -1.16. The summed E-state index contributed by atoms with van der Waals surface area (Å²) in [4.78, 5) is 37.9. The predicted molar refractivity (Wildman–Crippen MR) is 93.0 cm³/mol. The van der Waals surface area contributed by atoms with Crippen molar-refractivity contribution in [2.24, 2.45) is 5.73 Å². The molecule has 4 amide bonds. The number of benzene rings is 1. The van der Waals surface area contributed by atoms with Gasteiger partial charge in [0.25, 0.3) is 11.8 Å². The maximum absolute atomic E-state index is 12.4. The van der Waals surface area contributed by atoms with Crippen LogP contribution in [-0.4, -0.2) is 59.4 Å². The number of carbonyl (C=O) groups is 3. The van der Waals surface area contributed by atoms with Gasteiger partial charge >= 0.3 is 16.4 Å². The first kappa shape index (κ1) is 20.0. The minimum absolute atomic E-state index is 0.0456. The molecule has 2 heterocycles. The van der Waals surface area contributed by atoms with Crippen molar-refractivity contribution in [1.29, 1.82) is 0 Å². The number of hydroxylamine groups is 2. The van der Waals surface area contributed by atoms with Gasteiger partial charge in [-0.3, -0.25) is 25.0 Å². The van der Waals surface area contributed by atoms with Crippen molar-refractivity contribution in [2.45, 2.75) is 31.0 Å². The van der Waals surface area contributed by atoms with Crippen molar-refractivity contribution >= 4 is 28.2 Å². The summed E-state index contributed by atoms with van der Waals surface area (Å²) >= 11 is 0. The van der Waals surface area contributed by atoms with Gasteiger partial charge < -0.3 is 10.6 Å². The number of hydrazine groups is 1. The Labute approximate surface area is 160 Å². The van der Waals surface area contributed by atoms with Crippen molar-refractivity contribution in [3.63, 3.8) is 0 Å². The fraction of sp³-hybridized carbons (Fsp3) is 0.400. The largest absolute Gasteiger partial charge is 0.418 e. The number of nitrogens with zero attached hydrogens (tertiary/aromatic N) is 2. The Balaban J connectivity index is 1.58. The van der Waals surface area contributed by atoms with Crippen LogP contribution in [0.25, 0.3) is 0 Å². The van der Waals surface area contributed by atoms with E-state index in [9.17, 15) is 22.8 Å². The molecule has 5 N–H and O–H groups in total. The zero-order chi connectivity index (χ0) is 20.5. The second-order valence-corrected chi connectivity index (χ2v) is 7.38. The molecule has 13 heteroatoms. The third-order valence-corrected chi connectivity index (χ3v) is 4.90. The standard InChI is InChI=1S/C15H19N5O7S/c16-12(9-4-2-1-3-5-9)14(22)18-17-13(21)11-7-6-10-8-19(11)15(23)20(10)27-28(24,25)26/h1-5,10-12H,6-8,16H2,(H,17,21)(H,18,22)(H,24,25,26)/t10-,11-,12+/m0/s1. The van der Waals surface area contributed by atoms with E-state index in [4.69, 9.17) is 10.3 Å². The number of piperidine rings is 1. The molecule has 1 aromatic carbocycles. The molecule has 0 radical (unpaired) electrons. The van der Waals surface area contributed by atoms with E-state index in [2.05, 4.69) is 15.1 Å². The van der Waals surface area contributed by atoms with E-state index in [0.717, 1.165) is 4.90 Å². The monoisotopic (exact) mass is 413 g/mol. The third kappa shape index (κ3) is 4.22. The second-order valence-electron chi connectivity index (χ2n) is 6.38. The average molecular weight is 413 g/mol. The van der Waals surface area contributed by atoms with Gasteiger partial charge in [0, 0.05) is 6.54 Å². The number of nitrogens with one attached hydrogen (secondary N) is 2. The van der Waals surface area contributed by atoms with Crippen LogP contribution in [0, 0.1) is 0 Å². The summed E-state index contributed by atoms with van der Waals surface area (Å²) in [7, 11) is -4.87. The van der Waals surface area contributed by atoms with Gasteiger partial charge in [-0.15, -0.1) is 4.28 Å². The van der Waals surface area contributed by atoms with Crippen LogP contribution in [0.1, 0.15) is 24.4 Å². The zero-order valence-corrected chi connectivity index (χ0v) is 15.3. The number of hydrogen-bond acceptors (Lipinski definition) is 7. The minimum atomic E-state index is -4.87. The lowest BCUT2D eigenvalue weighted by Crippen LogP contribution is -2.55. The van der Waals surface area contributed by atoms with Gasteiger partial charge in [-0.1, -0.05) is 30.3 Å². The van der Waals surface area contributed by atoms with Gasteiger partial charge in [0.1, 0.15) is 12.1 Å². The number of nitrogens with two attached hydrogens (primary N) is 1. The molecule has 0 aliphatic carbocycles. The maximum Gasteiger partial charge on any atom is 0.418 e. The van der Waals surface area contributed by atoms with Crippen molar-refractivity contribution in [3.8, 4) is 0 Å². The Bertz CT molecular complexity index is 878. The van der Waals surface area contributed by atoms with Gasteiger partial charge in [0.05, 0.1) is 6.04 Å². The van der Waals surface area contributed by atoms with Crippen molar-refractivity contribution in [2.75, 3.05) is 6.54 Å². The number of fused-ring (bicyclic) bond motifs is 2. The lowest BCUT2D eigenvalue weighted by atomic mass is 10.0. The summed E-state index contributed by atoms with van der Waals surface area (Å²) in [6.07, 6.45) is 0.488. The van der Waals surface area contributed by atoms with Crippen molar-refractivity contribution < 1.29 is 31.6 Å². The molecule has 2 saturated heterocycles. The first-order valence-corrected chi connectivity index (χ1v) is 9.71. The SMILES string of the molecule is N[C@@H](C(=O)NNC(=O)[C@@H]1CC[C@H]2CN1C(=O)N2OS(=O)(=O)O)c1ccccc1. The van der Waals surface area contributed by atoms with E-state index in [-0.39, 0.29) is 19.4 Å². The highest BCUT2D eigenvalue weighted by atomic mass is 32.3. The highest BCUT2D eigenvalue weighted by Gasteiger charge is 2.49. The smallest absolute Gasteiger partial charge is 0.316 e. The van der Waals surface area contributed by atoms with Gasteiger partial charge in [-0.25, -0.2) is 4.79 Å². The van der Waals surface area contributed by atoms with E-state index in [1.807, 2.05) is 0 Å².